The van der Waals surface area contributed by atoms with E-state index in [0.29, 0.717) is 30.4 Å². The maximum Gasteiger partial charge on any atom is 0.291 e. The van der Waals surface area contributed by atoms with Gasteiger partial charge in [-0.2, -0.15) is 0 Å². The van der Waals surface area contributed by atoms with Gasteiger partial charge in [-0.1, -0.05) is 29.8 Å². The number of carbonyl (C=O) groups excluding carboxylic acids is 1. The predicted molar refractivity (Wildman–Crippen MR) is 106 cm³/mol. The maximum absolute atomic E-state index is 12.7. The van der Waals surface area contributed by atoms with E-state index < -0.39 is 15.7 Å². The Kier molecular flexibility index (Phi) is 5.21. The van der Waals surface area contributed by atoms with Gasteiger partial charge in [0.15, 0.2) is 27.1 Å². The number of amides is 1. The highest BCUT2D eigenvalue weighted by Gasteiger charge is 2.24. The van der Waals surface area contributed by atoms with Crippen LogP contribution in [0.1, 0.15) is 16.1 Å². The van der Waals surface area contributed by atoms with E-state index in [1.807, 2.05) is 0 Å². The summed E-state index contributed by atoms with van der Waals surface area (Å²) in [5, 5.41) is 2.89. The molecule has 3 aromatic rings. The highest BCUT2D eigenvalue weighted by molar-refractivity contribution is 7.90. The second kappa shape index (κ2) is 7.81. The Morgan fingerprint density at radius 1 is 1.03 bits per heavy atom. The van der Waals surface area contributed by atoms with Gasteiger partial charge in [0.05, 0.1) is 27.6 Å². The molecule has 0 saturated heterocycles. The molecule has 1 aliphatic heterocycles. The Morgan fingerprint density at radius 2 is 1.72 bits per heavy atom. The van der Waals surface area contributed by atoms with Crippen molar-refractivity contribution < 1.29 is 27.1 Å². The van der Waals surface area contributed by atoms with Crippen LogP contribution in [0.4, 0.5) is 5.69 Å². The Balaban J connectivity index is 1.56. The third-order valence-electron chi connectivity index (χ3n) is 4.28. The van der Waals surface area contributed by atoms with Crippen LogP contribution >= 0.6 is 11.6 Å². The number of fused-ring (bicyclic) bond motifs is 1. The van der Waals surface area contributed by atoms with Crippen LogP contribution < -0.4 is 14.8 Å². The van der Waals surface area contributed by atoms with Crippen LogP contribution in [0.3, 0.4) is 0 Å². The highest BCUT2D eigenvalue weighted by atomic mass is 35.5. The van der Waals surface area contributed by atoms with Crippen molar-refractivity contribution in [3.8, 4) is 11.5 Å². The van der Waals surface area contributed by atoms with E-state index in [0.717, 1.165) is 0 Å². The van der Waals surface area contributed by atoms with Gasteiger partial charge in [0.25, 0.3) is 5.91 Å². The van der Waals surface area contributed by atoms with Crippen LogP contribution in [0, 0.1) is 0 Å². The highest BCUT2D eigenvalue weighted by Crippen LogP contribution is 2.38. The lowest BCUT2D eigenvalue weighted by molar-refractivity contribution is 0.0995. The summed E-state index contributed by atoms with van der Waals surface area (Å²) < 4.78 is 41.4. The number of anilines is 1. The first kappa shape index (κ1) is 19.4. The van der Waals surface area contributed by atoms with E-state index in [4.69, 9.17) is 25.5 Å². The standard InChI is InChI=1S/C20H16ClNO6S/c21-15-10-17-18(27-9-8-26-17)11-16(15)22-20(23)19-13(6-7-28-19)12-29(24,25)14-4-2-1-3-5-14/h1-7,10-11H,8-9,12H2,(H,22,23). The fraction of sp³-hybridized carbons (Fsp3) is 0.150. The van der Waals surface area contributed by atoms with Crippen LogP contribution in [0.2, 0.25) is 5.02 Å². The van der Waals surface area contributed by atoms with E-state index in [1.54, 1.807) is 30.3 Å². The van der Waals surface area contributed by atoms with Crippen molar-refractivity contribution in [1.82, 2.24) is 0 Å². The number of nitrogens with one attached hydrogen (secondary N) is 1. The summed E-state index contributed by atoms with van der Waals surface area (Å²) in [5.74, 6) is -0.137. The minimum absolute atomic E-state index is 0.101. The minimum Gasteiger partial charge on any atom is -0.486 e. The number of carbonyl (C=O) groups is 1. The molecule has 0 atom stereocenters. The molecule has 1 aliphatic rings. The monoisotopic (exact) mass is 433 g/mol. The van der Waals surface area contributed by atoms with Gasteiger partial charge in [-0.25, -0.2) is 8.42 Å². The molecule has 0 spiro atoms. The van der Waals surface area contributed by atoms with E-state index >= 15 is 0 Å². The number of hydrogen-bond acceptors (Lipinski definition) is 6. The van der Waals surface area contributed by atoms with Gasteiger partial charge in [-0.3, -0.25) is 4.79 Å². The van der Waals surface area contributed by atoms with E-state index in [-0.39, 0.29) is 27.0 Å². The molecule has 0 saturated carbocycles. The molecule has 9 heteroatoms. The Hall–Kier alpha value is -2.97. The molecule has 1 aromatic heterocycles. The van der Waals surface area contributed by atoms with Crippen LogP contribution in [0.25, 0.3) is 0 Å². The molecule has 7 nitrogen and oxygen atoms in total. The summed E-state index contributed by atoms with van der Waals surface area (Å²) in [4.78, 5) is 12.9. The predicted octanol–water partition coefficient (Wildman–Crippen LogP) is 3.93. The lowest BCUT2D eigenvalue weighted by Crippen LogP contribution is -2.17. The van der Waals surface area contributed by atoms with Gasteiger partial charge in [0.2, 0.25) is 0 Å². The summed E-state index contributed by atoms with van der Waals surface area (Å²) in [7, 11) is -3.63. The largest absolute Gasteiger partial charge is 0.486 e. The zero-order chi connectivity index (χ0) is 20.4. The summed E-state index contributed by atoms with van der Waals surface area (Å²) >= 11 is 6.22. The molecule has 0 fully saturated rings. The van der Waals surface area contributed by atoms with Gasteiger partial charge in [0, 0.05) is 17.7 Å². The molecule has 2 heterocycles. The maximum atomic E-state index is 12.7. The van der Waals surface area contributed by atoms with Crippen LogP contribution in [0.5, 0.6) is 11.5 Å². The molecule has 29 heavy (non-hydrogen) atoms. The first-order valence-electron chi connectivity index (χ1n) is 8.69. The average molecular weight is 434 g/mol. The van der Waals surface area contributed by atoms with E-state index in [1.165, 1.54) is 24.5 Å². The zero-order valence-electron chi connectivity index (χ0n) is 15.1. The molecular weight excluding hydrogens is 418 g/mol. The van der Waals surface area contributed by atoms with Gasteiger partial charge in [0.1, 0.15) is 13.2 Å². The first-order chi connectivity index (χ1) is 13.9. The molecule has 0 unspecified atom stereocenters. The van der Waals surface area contributed by atoms with Gasteiger partial charge < -0.3 is 19.2 Å². The number of ether oxygens (including phenoxy) is 2. The fourth-order valence-electron chi connectivity index (χ4n) is 2.90. The minimum atomic E-state index is -3.63. The number of benzene rings is 2. The number of sulfone groups is 1. The van der Waals surface area contributed by atoms with Gasteiger partial charge in [-0.05, 0) is 18.2 Å². The third-order valence-corrected chi connectivity index (χ3v) is 6.28. The number of furan rings is 1. The number of rotatable bonds is 5. The SMILES string of the molecule is O=C(Nc1cc2c(cc1Cl)OCCO2)c1occc1CS(=O)(=O)c1ccccc1. The van der Waals surface area contributed by atoms with E-state index in [2.05, 4.69) is 5.32 Å². The summed E-state index contributed by atoms with van der Waals surface area (Å²) in [6, 6.07) is 12.6. The molecule has 0 aliphatic carbocycles. The molecule has 150 valence electrons. The Labute approximate surface area is 172 Å². The summed E-state index contributed by atoms with van der Waals surface area (Å²) in [6.45, 7) is 0.808. The van der Waals surface area contributed by atoms with Crippen LogP contribution in [-0.4, -0.2) is 27.5 Å². The normalized spacial score (nSPS) is 13.1. The van der Waals surface area contributed by atoms with Crippen molar-refractivity contribution >= 4 is 33.0 Å². The Bertz CT molecular complexity index is 1160. The Morgan fingerprint density at radius 3 is 2.45 bits per heavy atom. The van der Waals surface area contributed by atoms with E-state index in [9.17, 15) is 13.2 Å². The smallest absolute Gasteiger partial charge is 0.291 e. The van der Waals surface area contributed by atoms with Crippen molar-refractivity contribution in [3.63, 3.8) is 0 Å². The van der Waals surface area contributed by atoms with Crippen molar-refractivity contribution in [1.29, 1.82) is 0 Å². The molecule has 0 radical (unpaired) electrons. The van der Waals surface area contributed by atoms with Crippen LogP contribution in [0.15, 0.2) is 64.1 Å². The summed E-state index contributed by atoms with van der Waals surface area (Å²) in [5.41, 5.74) is 0.550. The topological polar surface area (TPSA) is 94.8 Å². The van der Waals surface area contributed by atoms with Crippen molar-refractivity contribution in [2.24, 2.45) is 0 Å². The second-order valence-corrected chi connectivity index (χ2v) is 8.67. The van der Waals surface area contributed by atoms with Crippen molar-refractivity contribution in [2.75, 3.05) is 18.5 Å². The first-order valence-corrected chi connectivity index (χ1v) is 10.7. The fourth-order valence-corrected chi connectivity index (χ4v) is 4.48. The lowest BCUT2D eigenvalue weighted by atomic mass is 10.2. The molecule has 1 N–H and O–H groups in total. The quantitative estimate of drug-likeness (QED) is 0.655. The van der Waals surface area contributed by atoms with Crippen molar-refractivity contribution in [2.45, 2.75) is 10.6 Å². The zero-order valence-corrected chi connectivity index (χ0v) is 16.6. The number of hydrogen-bond donors (Lipinski definition) is 1. The molecular formula is C20H16ClNO6S. The molecule has 0 bridgehead atoms. The van der Waals surface area contributed by atoms with Crippen LogP contribution in [-0.2, 0) is 15.6 Å². The van der Waals surface area contributed by atoms with Gasteiger partial charge >= 0.3 is 0 Å². The average Bonchev–Trinajstić information content (AvgIpc) is 3.17. The molecule has 1 amide bonds. The number of halogens is 1. The second-order valence-electron chi connectivity index (χ2n) is 6.28. The molecule has 2 aromatic carbocycles. The lowest BCUT2D eigenvalue weighted by Gasteiger charge is -2.19. The summed E-state index contributed by atoms with van der Waals surface area (Å²) in [6.07, 6.45) is 1.27. The third kappa shape index (κ3) is 4.08. The van der Waals surface area contributed by atoms with Crippen molar-refractivity contribution in [3.05, 3.63) is 71.1 Å². The van der Waals surface area contributed by atoms with Gasteiger partial charge in [-0.15, -0.1) is 0 Å². The molecule has 4 rings (SSSR count).